The van der Waals surface area contributed by atoms with E-state index in [0.29, 0.717) is 23.7 Å². The van der Waals surface area contributed by atoms with E-state index in [4.69, 9.17) is 9.47 Å². The van der Waals surface area contributed by atoms with Crippen LogP contribution in [0.15, 0.2) is 30.3 Å². The number of methoxy groups -OCH3 is 1. The third-order valence-corrected chi connectivity index (χ3v) is 6.17. The molecule has 1 heterocycles. The summed E-state index contributed by atoms with van der Waals surface area (Å²) in [6.45, 7) is 0.471. The van der Waals surface area contributed by atoms with Crippen LogP contribution in [0.1, 0.15) is 60.8 Å². The van der Waals surface area contributed by atoms with E-state index in [1.807, 2.05) is 6.07 Å². The van der Waals surface area contributed by atoms with Crippen LogP contribution in [0.25, 0.3) is 0 Å². The monoisotopic (exact) mass is 390 g/mol. The lowest BCUT2D eigenvalue weighted by Gasteiger charge is -2.29. The number of aryl methyl sites for hydroxylation is 1. The number of epoxide rings is 1. The van der Waals surface area contributed by atoms with Gasteiger partial charge in [-0.05, 0) is 73.6 Å². The van der Waals surface area contributed by atoms with Crippen LogP contribution >= 0.6 is 0 Å². The molecule has 0 N–H and O–H groups in total. The fourth-order valence-corrected chi connectivity index (χ4v) is 4.37. The maximum Gasteiger partial charge on any atom is 0.165 e. The summed E-state index contributed by atoms with van der Waals surface area (Å²) in [5.41, 5.74) is 1.80. The van der Waals surface area contributed by atoms with E-state index in [1.54, 1.807) is 18.2 Å². The molecule has 4 rings (SSSR count). The zero-order valence-corrected chi connectivity index (χ0v) is 16.0. The second kappa shape index (κ2) is 8.16. The van der Waals surface area contributed by atoms with Gasteiger partial charge in [0.1, 0.15) is 6.10 Å². The highest BCUT2D eigenvalue weighted by Gasteiger charge is 2.32. The largest absolute Gasteiger partial charge is 0.494 e. The molecule has 0 aromatic heterocycles. The fourth-order valence-electron chi connectivity index (χ4n) is 4.37. The maximum atomic E-state index is 14.5. The van der Waals surface area contributed by atoms with Crippen LogP contribution < -0.4 is 4.74 Å². The zero-order valence-electron chi connectivity index (χ0n) is 16.0. The van der Waals surface area contributed by atoms with Gasteiger partial charge in [0.25, 0.3) is 0 Å². The van der Waals surface area contributed by atoms with Gasteiger partial charge in [0, 0.05) is 5.56 Å². The Hall–Kier alpha value is -2.01. The van der Waals surface area contributed by atoms with Crippen molar-refractivity contribution in [3.05, 3.63) is 64.5 Å². The molecule has 0 radical (unpaired) electrons. The molecule has 2 aliphatic rings. The van der Waals surface area contributed by atoms with Crippen molar-refractivity contribution < 1.29 is 22.6 Å². The van der Waals surface area contributed by atoms with Crippen LogP contribution in [-0.2, 0) is 11.2 Å². The predicted octanol–water partition coefficient (Wildman–Crippen LogP) is 6.09. The van der Waals surface area contributed by atoms with Gasteiger partial charge in [-0.2, -0.15) is 0 Å². The quantitative estimate of drug-likeness (QED) is 0.557. The van der Waals surface area contributed by atoms with Crippen LogP contribution in [0, 0.1) is 23.4 Å². The molecule has 2 nitrogen and oxygen atoms in total. The summed E-state index contributed by atoms with van der Waals surface area (Å²) in [6, 6.07) is 8.51. The highest BCUT2D eigenvalue weighted by atomic mass is 19.2. The standard InChI is InChI=1S/C23H25F3O2/c1-27-20-11-6-15(12-19(20)24)3-2-14-4-7-16(8-5-14)17-9-10-18(21-13-28-21)23(26)22(17)25/h6,9-12,14,16,21H,2-5,7-8,13H2,1H3. The molecule has 1 saturated heterocycles. The molecule has 1 aliphatic carbocycles. The molecular formula is C23H25F3O2. The van der Waals surface area contributed by atoms with E-state index in [-0.39, 0.29) is 23.6 Å². The van der Waals surface area contributed by atoms with Crippen molar-refractivity contribution >= 4 is 0 Å². The van der Waals surface area contributed by atoms with Crippen molar-refractivity contribution in [2.75, 3.05) is 13.7 Å². The average Bonchev–Trinajstić information content (AvgIpc) is 3.54. The molecule has 0 bridgehead atoms. The second-order valence-corrected chi connectivity index (χ2v) is 7.92. The van der Waals surface area contributed by atoms with Crippen molar-refractivity contribution in [3.8, 4) is 5.75 Å². The number of hydrogen-bond donors (Lipinski definition) is 0. The van der Waals surface area contributed by atoms with E-state index >= 15 is 0 Å². The Labute approximate surface area is 163 Å². The molecule has 5 heteroatoms. The summed E-state index contributed by atoms with van der Waals surface area (Å²) in [4.78, 5) is 0. The van der Waals surface area contributed by atoms with Crippen LogP contribution in [0.2, 0.25) is 0 Å². The van der Waals surface area contributed by atoms with E-state index in [2.05, 4.69) is 0 Å². The Bertz CT molecular complexity index is 840. The van der Waals surface area contributed by atoms with Crippen molar-refractivity contribution in [3.63, 3.8) is 0 Å². The lowest BCUT2D eigenvalue weighted by Crippen LogP contribution is -2.16. The predicted molar refractivity (Wildman–Crippen MR) is 101 cm³/mol. The van der Waals surface area contributed by atoms with Crippen LogP contribution in [-0.4, -0.2) is 13.7 Å². The Balaban J connectivity index is 1.32. The van der Waals surface area contributed by atoms with Gasteiger partial charge in [-0.3, -0.25) is 0 Å². The maximum absolute atomic E-state index is 14.5. The molecule has 1 unspecified atom stereocenters. The summed E-state index contributed by atoms with van der Waals surface area (Å²) >= 11 is 0. The first-order chi connectivity index (χ1) is 13.6. The molecule has 0 spiro atoms. The van der Waals surface area contributed by atoms with Gasteiger partial charge >= 0.3 is 0 Å². The molecule has 1 atom stereocenters. The van der Waals surface area contributed by atoms with Crippen LogP contribution in [0.3, 0.4) is 0 Å². The summed E-state index contributed by atoms with van der Waals surface area (Å²) < 4.78 is 52.6. The van der Waals surface area contributed by atoms with Crippen LogP contribution in [0.4, 0.5) is 13.2 Å². The fraction of sp³-hybridized carbons (Fsp3) is 0.478. The minimum absolute atomic E-state index is 0.0679. The Morgan fingerprint density at radius 1 is 0.964 bits per heavy atom. The minimum atomic E-state index is -0.747. The highest BCUT2D eigenvalue weighted by molar-refractivity contribution is 5.32. The number of halogens is 3. The first-order valence-electron chi connectivity index (χ1n) is 9.98. The molecule has 0 amide bonds. The highest BCUT2D eigenvalue weighted by Crippen LogP contribution is 2.41. The second-order valence-electron chi connectivity index (χ2n) is 7.92. The lowest BCUT2D eigenvalue weighted by atomic mass is 9.76. The minimum Gasteiger partial charge on any atom is -0.494 e. The first kappa shape index (κ1) is 19.3. The lowest BCUT2D eigenvalue weighted by molar-refractivity contribution is 0.304. The number of rotatable bonds is 6. The first-order valence-corrected chi connectivity index (χ1v) is 9.98. The third kappa shape index (κ3) is 4.04. The zero-order chi connectivity index (χ0) is 19.7. The molecule has 1 saturated carbocycles. The Morgan fingerprint density at radius 2 is 1.64 bits per heavy atom. The normalized spacial score (nSPS) is 24.2. The summed E-state index contributed by atoms with van der Waals surface area (Å²) in [5, 5.41) is 0. The Kier molecular flexibility index (Phi) is 5.63. The van der Waals surface area contributed by atoms with E-state index in [1.165, 1.54) is 13.2 Å². The van der Waals surface area contributed by atoms with Gasteiger partial charge in [0.05, 0.1) is 13.7 Å². The van der Waals surface area contributed by atoms with Crippen molar-refractivity contribution in [2.45, 2.75) is 50.5 Å². The van der Waals surface area contributed by atoms with Gasteiger partial charge in [-0.25, -0.2) is 13.2 Å². The molecule has 150 valence electrons. The SMILES string of the molecule is COc1ccc(CCC2CCC(c3ccc(C4CO4)c(F)c3F)CC2)cc1F. The molecule has 28 heavy (non-hydrogen) atoms. The smallest absolute Gasteiger partial charge is 0.165 e. The Morgan fingerprint density at radius 3 is 2.29 bits per heavy atom. The van der Waals surface area contributed by atoms with E-state index in [9.17, 15) is 13.2 Å². The molecule has 2 aromatic carbocycles. The molecular weight excluding hydrogens is 365 g/mol. The van der Waals surface area contributed by atoms with Crippen molar-refractivity contribution in [1.82, 2.24) is 0 Å². The average molecular weight is 390 g/mol. The van der Waals surface area contributed by atoms with Gasteiger partial charge in [0.2, 0.25) is 0 Å². The van der Waals surface area contributed by atoms with Gasteiger partial charge < -0.3 is 9.47 Å². The van der Waals surface area contributed by atoms with Crippen molar-refractivity contribution in [2.24, 2.45) is 5.92 Å². The molecule has 2 fully saturated rings. The van der Waals surface area contributed by atoms with Crippen LogP contribution in [0.5, 0.6) is 5.75 Å². The summed E-state index contributed by atoms with van der Waals surface area (Å²) in [6.07, 6.45) is 5.20. The third-order valence-electron chi connectivity index (χ3n) is 6.17. The number of hydrogen-bond acceptors (Lipinski definition) is 2. The van der Waals surface area contributed by atoms with Crippen molar-refractivity contribution in [1.29, 1.82) is 0 Å². The number of benzene rings is 2. The topological polar surface area (TPSA) is 21.8 Å². The van der Waals surface area contributed by atoms with E-state index in [0.717, 1.165) is 44.1 Å². The molecule has 1 aliphatic heterocycles. The van der Waals surface area contributed by atoms with Gasteiger partial charge in [-0.1, -0.05) is 18.2 Å². The van der Waals surface area contributed by atoms with E-state index < -0.39 is 11.6 Å². The number of ether oxygens (including phenoxy) is 2. The summed E-state index contributed by atoms with van der Waals surface area (Å²) in [5.74, 6) is -0.917. The summed E-state index contributed by atoms with van der Waals surface area (Å²) in [7, 11) is 1.46. The van der Waals surface area contributed by atoms with Gasteiger partial charge in [0.15, 0.2) is 23.2 Å². The molecule has 2 aromatic rings. The van der Waals surface area contributed by atoms with Gasteiger partial charge in [-0.15, -0.1) is 0 Å².